The van der Waals surface area contributed by atoms with E-state index < -0.39 is 54.2 Å². The number of amides is 1. The van der Waals surface area contributed by atoms with Gasteiger partial charge in [0.25, 0.3) is 0 Å². The molecule has 0 saturated carbocycles. The Balaban J connectivity index is 1.58. The van der Waals surface area contributed by atoms with Crippen molar-refractivity contribution in [2.75, 3.05) is 27.1 Å². The maximum atomic E-state index is 15.1. The summed E-state index contributed by atoms with van der Waals surface area (Å²) in [5.41, 5.74) is -0.690. The van der Waals surface area contributed by atoms with Crippen molar-refractivity contribution in [1.82, 2.24) is 9.55 Å². The first kappa shape index (κ1) is 34.1. The first-order valence-corrected chi connectivity index (χ1v) is 18.5. The van der Waals surface area contributed by atoms with E-state index in [0.717, 1.165) is 11.8 Å². The van der Waals surface area contributed by atoms with E-state index in [0.29, 0.717) is 5.56 Å². The molecule has 2 aromatic rings. The Hall–Kier alpha value is -3.29. The lowest BCUT2D eigenvalue weighted by molar-refractivity contribution is -0.118. The molecule has 3 heterocycles. The molecule has 2 fully saturated rings. The number of methoxy groups -OCH3 is 1. The van der Waals surface area contributed by atoms with Crippen molar-refractivity contribution < 1.29 is 37.8 Å². The Bertz CT molecular complexity index is 1500. The third-order valence-electron chi connectivity index (χ3n) is 9.82. The highest BCUT2D eigenvalue weighted by Crippen LogP contribution is 2.62. The minimum atomic E-state index is -2.19. The van der Waals surface area contributed by atoms with Crippen LogP contribution in [0.3, 0.4) is 0 Å². The van der Waals surface area contributed by atoms with Crippen molar-refractivity contribution in [3.8, 4) is 5.75 Å². The predicted octanol–water partition coefficient (Wildman–Crippen LogP) is 5.67. The van der Waals surface area contributed by atoms with Crippen LogP contribution in [0.4, 0.5) is 10.5 Å². The molecule has 0 bridgehead atoms. The van der Waals surface area contributed by atoms with E-state index in [1.807, 2.05) is 30.3 Å². The molecule has 0 aliphatic carbocycles. The van der Waals surface area contributed by atoms with Gasteiger partial charge in [-0.15, -0.1) is 0 Å². The lowest BCUT2D eigenvalue weighted by atomic mass is 9.76. The van der Waals surface area contributed by atoms with Gasteiger partial charge in [-0.1, -0.05) is 51.1 Å². The van der Waals surface area contributed by atoms with Crippen LogP contribution >= 0.6 is 0 Å². The van der Waals surface area contributed by atoms with E-state index >= 15 is 5.21 Å². The Morgan fingerprint density at radius 3 is 2.37 bits per heavy atom. The third kappa shape index (κ3) is 5.85. The molecule has 12 heteroatoms. The van der Waals surface area contributed by atoms with Crippen LogP contribution < -0.4 is 9.38 Å². The number of piperazine rings is 1. The van der Waals surface area contributed by atoms with Crippen LogP contribution in [0, 0.1) is 5.21 Å². The number of nitrogens with zero attached hydrogens (tertiary/aromatic N) is 2. The number of benzene rings is 2. The minimum Gasteiger partial charge on any atom is -0.627 e. The molecular formula is C34H46N2O9Si. The smallest absolute Gasteiger partial charge is 0.411 e. The SMILES string of the molecule is COC(=O)c1cc(OCc2ccccc2)c2c(c1)[N+]1([O-])C[C@H]3[C@@H]([C@@H]1[C@@]2(C=O)COCO[Si](C)(C)C(C)(C)C)N3C(=O)OC(C)(C)C. The van der Waals surface area contributed by atoms with Gasteiger partial charge in [-0.05, 0) is 50.5 Å². The second-order valence-electron chi connectivity index (χ2n) is 15.0. The van der Waals surface area contributed by atoms with Gasteiger partial charge in [0.1, 0.15) is 66.8 Å². The fraction of sp³-hybridized carbons (Fsp3) is 0.559. The van der Waals surface area contributed by atoms with Gasteiger partial charge in [-0.3, -0.25) is 4.90 Å². The molecular weight excluding hydrogens is 608 g/mol. The number of hydroxylamine groups is 2. The summed E-state index contributed by atoms with van der Waals surface area (Å²) in [4.78, 5) is 41.2. The zero-order valence-corrected chi connectivity index (χ0v) is 29.2. The van der Waals surface area contributed by atoms with Crippen molar-refractivity contribution in [3.05, 3.63) is 64.4 Å². The van der Waals surface area contributed by atoms with Gasteiger partial charge in [0.2, 0.25) is 0 Å². The monoisotopic (exact) mass is 654 g/mol. The number of quaternary nitrogens is 1. The lowest BCUT2D eigenvalue weighted by Crippen LogP contribution is -2.60. The Morgan fingerprint density at radius 2 is 1.78 bits per heavy atom. The molecule has 5 atom stereocenters. The summed E-state index contributed by atoms with van der Waals surface area (Å²) in [6, 6.07) is 10.5. The average molecular weight is 655 g/mol. The number of carbonyl (C=O) groups is 3. The van der Waals surface area contributed by atoms with Crippen LogP contribution in [0.15, 0.2) is 42.5 Å². The summed E-state index contributed by atoms with van der Waals surface area (Å²) in [5.74, 6) is -0.426. The van der Waals surface area contributed by atoms with Crippen LogP contribution in [0.25, 0.3) is 0 Å². The Kier molecular flexibility index (Phi) is 8.69. The largest absolute Gasteiger partial charge is 0.627 e. The van der Waals surface area contributed by atoms with Crippen molar-refractivity contribution >= 4 is 32.4 Å². The molecule has 2 saturated heterocycles. The summed E-state index contributed by atoms with van der Waals surface area (Å²) >= 11 is 0. The molecule has 0 N–H and O–H groups in total. The zero-order chi connectivity index (χ0) is 33.9. The van der Waals surface area contributed by atoms with Crippen molar-refractivity contribution in [2.45, 2.75) is 95.4 Å². The molecule has 46 heavy (non-hydrogen) atoms. The van der Waals surface area contributed by atoms with E-state index in [1.54, 1.807) is 25.7 Å². The van der Waals surface area contributed by atoms with Gasteiger partial charge in [0.05, 0.1) is 24.8 Å². The number of hydrogen-bond acceptors (Lipinski definition) is 9. The predicted molar refractivity (Wildman–Crippen MR) is 175 cm³/mol. The van der Waals surface area contributed by atoms with Gasteiger partial charge < -0.3 is 38.0 Å². The fourth-order valence-electron chi connectivity index (χ4n) is 6.53. The van der Waals surface area contributed by atoms with Crippen molar-refractivity contribution in [2.24, 2.45) is 0 Å². The van der Waals surface area contributed by atoms with Gasteiger partial charge in [-0.25, -0.2) is 9.59 Å². The minimum absolute atomic E-state index is 0.0135. The summed E-state index contributed by atoms with van der Waals surface area (Å²) in [6.07, 6.45) is 0.213. The highest BCUT2D eigenvalue weighted by atomic mass is 28.4. The molecule has 1 amide bonds. The normalized spacial score (nSPS) is 26.6. The number of rotatable bonds is 10. The van der Waals surface area contributed by atoms with E-state index in [-0.39, 0.29) is 48.6 Å². The summed E-state index contributed by atoms with van der Waals surface area (Å²) in [5, 5.41) is 15.0. The standard InChI is InChI=1S/C34H46N2O9Si/c1-32(2,3)45-31(39)35-24-17-36(40)25-15-23(30(38)41-7)16-26(43-18-22-13-11-10-12-14-22)27(25)34(19-37,29(36)28(24)35)20-42-21-44-46(8,9)33(4,5)6/h10-16,19,24,28-29H,17-18,20-21H2,1-9H3/t24-,28-,29+,34-,35?,36?/m0/s1. The quantitative estimate of drug-likeness (QED) is 0.0466. The van der Waals surface area contributed by atoms with Gasteiger partial charge in [0, 0.05) is 6.07 Å². The van der Waals surface area contributed by atoms with Crippen molar-refractivity contribution in [3.63, 3.8) is 0 Å². The number of aldehydes is 1. The number of esters is 1. The Morgan fingerprint density at radius 1 is 1.11 bits per heavy atom. The molecule has 0 radical (unpaired) electrons. The van der Waals surface area contributed by atoms with Gasteiger partial charge >= 0.3 is 12.1 Å². The van der Waals surface area contributed by atoms with Gasteiger partial charge in [-0.2, -0.15) is 0 Å². The number of hydrogen-bond donors (Lipinski definition) is 0. The van der Waals surface area contributed by atoms with Crippen molar-refractivity contribution in [1.29, 1.82) is 0 Å². The lowest BCUT2D eigenvalue weighted by Gasteiger charge is -2.44. The first-order valence-electron chi connectivity index (χ1n) is 15.6. The van der Waals surface area contributed by atoms with Gasteiger partial charge in [0.15, 0.2) is 8.32 Å². The highest BCUT2D eigenvalue weighted by molar-refractivity contribution is 6.74. The van der Waals surface area contributed by atoms with E-state index in [2.05, 4.69) is 33.9 Å². The molecule has 0 spiro atoms. The van der Waals surface area contributed by atoms with E-state index in [4.69, 9.17) is 23.4 Å². The van der Waals surface area contributed by atoms with Crippen LogP contribution in [0.5, 0.6) is 5.75 Å². The molecule has 5 rings (SSSR count). The van der Waals surface area contributed by atoms with E-state index in [9.17, 15) is 14.4 Å². The molecule has 3 aliphatic rings. The van der Waals surface area contributed by atoms with E-state index in [1.165, 1.54) is 19.2 Å². The maximum absolute atomic E-state index is 15.1. The summed E-state index contributed by atoms with van der Waals surface area (Å²) in [6.45, 7) is 15.8. The highest BCUT2D eigenvalue weighted by Gasteiger charge is 2.78. The topological polar surface area (TPSA) is 123 Å². The fourth-order valence-corrected chi connectivity index (χ4v) is 7.34. The second kappa shape index (κ2) is 11.7. The maximum Gasteiger partial charge on any atom is 0.411 e. The molecule has 3 aliphatic heterocycles. The molecule has 1 unspecified atom stereocenters. The second-order valence-corrected chi connectivity index (χ2v) is 19.8. The van der Waals surface area contributed by atoms with Crippen LogP contribution in [-0.2, 0) is 35.5 Å². The van der Waals surface area contributed by atoms with Crippen LogP contribution in [0.2, 0.25) is 18.1 Å². The van der Waals surface area contributed by atoms with Crippen LogP contribution in [0.1, 0.15) is 63.0 Å². The zero-order valence-electron chi connectivity index (χ0n) is 28.2. The number of fused-ring (bicyclic) bond motifs is 5. The first-order chi connectivity index (χ1) is 21.4. The Labute approximate surface area is 272 Å². The molecule has 2 aromatic carbocycles. The molecule has 250 valence electrons. The number of carbonyl (C=O) groups excluding carboxylic acids is 3. The summed E-state index contributed by atoms with van der Waals surface area (Å²) in [7, 11) is -0.929. The average Bonchev–Trinajstić information content (AvgIpc) is 3.49. The molecule has 11 nitrogen and oxygen atoms in total. The molecule has 0 aromatic heterocycles. The van der Waals surface area contributed by atoms with Crippen LogP contribution in [-0.4, -0.2) is 82.3 Å². The summed E-state index contributed by atoms with van der Waals surface area (Å²) < 4.78 is 28.5. The third-order valence-corrected chi connectivity index (χ3v) is 14.3. The number of ether oxygens (including phenoxy) is 4.